The van der Waals surface area contributed by atoms with Gasteiger partial charge in [0.05, 0.1) is 11.6 Å². The number of rotatable bonds is 4. The number of benzene rings is 1. The van der Waals surface area contributed by atoms with Crippen LogP contribution in [0.15, 0.2) is 18.2 Å². The Kier molecular flexibility index (Phi) is 4.66. The Morgan fingerprint density at radius 1 is 1.41 bits per heavy atom. The maximum absolute atomic E-state index is 6.16. The van der Waals surface area contributed by atoms with Crippen molar-refractivity contribution in [2.75, 3.05) is 26.2 Å². The van der Waals surface area contributed by atoms with Gasteiger partial charge in [-0.1, -0.05) is 17.7 Å². The minimum Gasteiger partial charge on any atom is -0.492 e. The number of piperazine rings is 1. The molecule has 94 valence electrons. The lowest BCUT2D eigenvalue weighted by molar-refractivity contribution is 0.340. The molecular formula is C13H19ClN2O. The normalized spacial score (nSPS) is 20.2. The van der Waals surface area contributed by atoms with Crippen LogP contribution in [-0.4, -0.2) is 32.3 Å². The van der Waals surface area contributed by atoms with Crippen molar-refractivity contribution in [3.05, 3.63) is 28.8 Å². The molecule has 4 heteroatoms. The molecule has 0 aliphatic carbocycles. The van der Waals surface area contributed by atoms with E-state index in [1.165, 1.54) is 5.56 Å². The zero-order valence-electron chi connectivity index (χ0n) is 10.1. The summed E-state index contributed by atoms with van der Waals surface area (Å²) in [4.78, 5) is 0. The zero-order chi connectivity index (χ0) is 12.1. The first-order valence-electron chi connectivity index (χ1n) is 6.15. The summed E-state index contributed by atoms with van der Waals surface area (Å²) in [5, 5.41) is 7.57. The Morgan fingerprint density at radius 2 is 2.29 bits per heavy atom. The van der Waals surface area contributed by atoms with Crippen LogP contribution in [0.3, 0.4) is 0 Å². The SMILES string of the molecule is CCOc1ccc(CC2CNCCN2)cc1Cl. The zero-order valence-corrected chi connectivity index (χ0v) is 10.9. The Morgan fingerprint density at radius 3 is 2.94 bits per heavy atom. The van der Waals surface area contributed by atoms with Crippen molar-refractivity contribution >= 4 is 11.6 Å². The number of ether oxygens (including phenoxy) is 1. The second kappa shape index (κ2) is 6.24. The predicted octanol–water partition coefficient (Wildman–Crippen LogP) is 1.84. The molecule has 0 saturated carbocycles. The summed E-state index contributed by atoms with van der Waals surface area (Å²) in [5.74, 6) is 0.771. The van der Waals surface area contributed by atoms with Gasteiger partial charge in [-0.2, -0.15) is 0 Å². The standard InChI is InChI=1S/C13H19ClN2O/c1-2-17-13-4-3-10(8-12(13)14)7-11-9-15-5-6-16-11/h3-4,8,11,15-16H,2,5-7,9H2,1H3. The maximum Gasteiger partial charge on any atom is 0.137 e. The van der Waals surface area contributed by atoms with Gasteiger partial charge < -0.3 is 15.4 Å². The molecule has 17 heavy (non-hydrogen) atoms. The van der Waals surface area contributed by atoms with Gasteiger partial charge in [-0.15, -0.1) is 0 Å². The minimum absolute atomic E-state index is 0.498. The summed E-state index contributed by atoms with van der Waals surface area (Å²) in [7, 11) is 0. The van der Waals surface area contributed by atoms with E-state index in [0.717, 1.165) is 31.8 Å². The van der Waals surface area contributed by atoms with E-state index in [1.54, 1.807) is 0 Å². The summed E-state index contributed by atoms with van der Waals surface area (Å²) in [6.45, 7) is 5.72. The number of hydrogen-bond donors (Lipinski definition) is 2. The van der Waals surface area contributed by atoms with Gasteiger partial charge >= 0.3 is 0 Å². The van der Waals surface area contributed by atoms with Crippen molar-refractivity contribution in [2.45, 2.75) is 19.4 Å². The third-order valence-electron chi connectivity index (χ3n) is 2.90. The largest absolute Gasteiger partial charge is 0.492 e. The van der Waals surface area contributed by atoms with Crippen LogP contribution in [0.2, 0.25) is 5.02 Å². The lowest BCUT2D eigenvalue weighted by atomic mass is 10.0. The molecule has 1 atom stereocenters. The quantitative estimate of drug-likeness (QED) is 0.860. The van der Waals surface area contributed by atoms with Gasteiger partial charge in [0, 0.05) is 25.7 Å². The Bertz CT molecular complexity index is 364. The van der Waals surface area contributed by atoms with Gasteiger partial charge in [0.1, 0.15) is 5.75 Å². The van der Waals surface area contributed by atoms with Gasteiger partial charge in [-0.05, 0) is 31.0 Å². The van der Waals surface area contributed by atoms with Crippen LogP contribution < -0.4 is 15.4 Å². The first kappa shape index (κ1) is 12.7. The van der Waals surface area contributed by atoms with Crippen LogP contribution in [0.4, 0.5) is 0 Å². The van der Waals surface area contributed by atoms with Crippen LogP contribution in [0.5, 0.6) is 5.75 Å². The summed E-state index contributed by atoms with van der Waals surface area (Å²) >= 11 is 6.16. The molecule has 1 heterocycles. The smallest absolute Gasteiger partial charge is 0.137 e. The third kappa shape index (κ3) is 3.60. The summed E-state index contributed by atoms with van der Waals surface area (Å²) in [5.41, 5.74) is 1.25. The number of hydrogen-bond acceptors (Lipinski definition) is 3. The highest BCUT2D eigenvalue weighted by Gasteiger charge is 2.13. The highest BCUT2D eigenvalue weighted by atomic mass is 35.5. The third-order valence-corrected chi connectivity index (χ3v) is 3.20. The second-order valence-corrected chi connectivity index (χ2v) is 4.66. The van der Waals surface area contributed by atoms with Crippen molar-refractivity contribution in [1.29, 1.82) is 0 Å². The molecule has 1 aromatic carbocycles. The molecule has 3 nitrogen and oxygen atoms in total. The van der Waals surface area contributed by atoms with E-state index in [0.29, 0.717) is 17.7 Å². The molecule has 2 N–H and O–H groups in total. The molecule has 1 aliphatic rings. The topological polar surface area (TPSA) is 33.3 Å². The van der Waals surface area contributed by atoms with E-state index < -0.39 is 0 Å². The van der Waals surface area contributed by atoms with Crippen molar-refractivity contribution in [2.24, 2.45) is 0 Å². The molecule has 1 fully saturated rings. The second-order valence-electron chi connectivity index (χ2n) is 4.26. The van der Waals surface area contributed by atoms with Crippen LogP contribution >= 0.6 is 11.6 Å². The van der Waals surface area contributed by atoms with Crippen LogP contribution in [0.1, 0.15) is 12.5 Å². The van der Waals surface area contributed by atoms with Gasteiger partial charge in [0.25, 0.3) is 0 Å². The van der Waals surface area contributed by atoms with Crippen LogP contribution in [0, 0.1) is 0 Å². The van der Waals surface area contributed by atoms with E-state index in [2.05, 4.69) is 16.7 Å². The first-order valence-corrected chi connectivity index (χ1v) is 6.52. The summed E-state index contributed by atoms with van der Waals surface area (Å²) in [6.07, 6.45) is 0.999. The van der Waals surface area contributed by atoms with E-state index in [4.69, 9.17) is 16.3 Å². The predicted molar refractivity (Wildman–Crippen MR) is 71.0 cm³/mol. The van der Waals surface area contributed by atoms with Crippen molar-refractivity contribution in [1.82, 2.24) is 10.6 Å². The average Bonchev–Trinajstić information content (AvgIpc) is 2.34. The Hall–Kier alpha value is -0.770. The lowest BCUT2D eigenvalue weighted by Gasteiger charge is -2.24. The van der Waals surface area contributed by atoms with E-state index in [1.807, 2.05) is 19.1 Å². The molecule has 0 bridgehead atoms. The lowest BCUT2D eigenvalue weighted by Crippen LogP contribution is -2.49. The molecule has 0 radical (unpaired) electrons. The highest BCUT2D eigenvalue weighted by Crippen LogP contribution is 2.25. The van der Waals surface area contributed by atoms with Gasteiger partial charge in [-0.25, -0.2) is 0 Å². The molecule has 0 spiro atoms. The van der Waals surface area contributed by atoms with E-state index >= 15 is 0 Å². The van der Waals surface area contributed by atoms with Gasteiger partial charge in [0.2, 0.25) is 0 Å². The fourth-order valence-electron chi connectivity index (χ4n) is 2.09. The van der Waals surface area contributed by atoms with Crippen LogP contribution in [0.25, 0.3) is 0 Å². The average molecular weight is 255 g/mol. The fraction of sp³-hybridized carbons (Fsp3) is 0.538. The molecule has 0 amide bonds. The van der Waals surface area contributed by atoms with Crippen molar-refractivity contribution < 1.29 is 4.74 Å². The molecule has 1 aliphatic heterocycles. The maximum atomic E-state index is 6.16. The van der Waals surface area contributed by atoms with E-state index in [9.17, 15) is 0 Å². The van der Waals surface area contributed by atoms with Crippen molar-refractivity contribution in [3.63, 3.8) is 0 Å². The molecule has 1 saturated heterocycles. The van der Waals surface area contributed by atoms with Gasteiger partial charge in [0.15, 0.2) is 0 Å². The molecular weight excluding hydrogens is 236 g/mol. The van der Waals surface area contributed by atoms with Crippen molar-refractivity contribution in [3.8, 4) is 5.75 Å². The summed E-state index contributed by atoms with van der Waals surface area (Å²) in [6, 6.07) is 6.55. The minimum atomic E-state index is 0.498. The first-order chi connectivity index (χ1) is 8.29. The summed E-state index contributed by atoms with van der Waals surface area (Å²) < 4.78 is 5.42. The Balaban J connectivity index is 1.98. The Labute approximate surface area is 107 Å². The number of halogens is 1. The monoisotopic (exact) mass is 254 g/mol. The fourth-order valence-corrected chi connectivity index (χ4v) is 2.34. The van der Waals surface area contributed by atoms with Gasteiger partial charge in [-0.3, -0.25) is 0 Å². The van der Waals surface area contributed by atoms with E-state index in [-0.39, 0.29) is 0 Å². The molecule has 0 aromatic heterocycles. The molecule has 1 aromatic rings. The van der Waals surface area contributed by atoms with Crippen LogP contribution in [-0.2, 0) is 6.42 Å². The molecule has 2 rings (SSSR count). The molecule has 1 unspecified atom stereocenters. The highest BCUT2D eigenvalue weighted by molar-refractivity contribution is 6.32. The number of nitrogens with one attached hydrogen (secondary N) is 2.